The third-order valence-corrected chi connectivity index (χ3v) is 5.91. The van der Waals surface area contributed by atoms with Crippen LogP contribution in [0, 0.1) is 5.92 Å². The molecule has 1 aromatic rings. The summed E-state index contributed by atoms with van der Waals surface area (Å²) in [5.41, 5.74) is 7.17. The van der Waals surface area contributed by atoms with Crippen molar-refractivity contribution in [2.24, 2.45) is 11.7 Å². The van der Waals surface area contributed by atoms with E-state index >= 15 is 0 Å². The van der Waals surface area contributed by atoms with Gasteiger partial charge in [-0.1, -0.05) is 25.3 Å². The molecule has 2 saturated carbocycles. The van der Waals surface area contributed by atoms with Gasteiger partial charge in [0.25, 0.3) is 0 Å². The predicted octanol–water partition coefficient (Wildman–Crippen LogP) is 3.20. The van der Waals surface area contributed by atoms with E-state index in [0.29, 0.717) is 18.5 Å². The molecule has 0 bridgehead atoms. The first-order chi connectivity index (χ1) is 12.2. The normalized spacial score (nSPS) is 26.0. The Bertz CT molecular complexity index is 627. The van der Waals surface area contributed by atoms with Crippen molar-refractivity contribution in [2.45, 2.75) is 70.0 Å². The van der Waals surface area contributed by atoms with Crippen molar-refractivity contribution in [3.05, 3.63) is 23.8 Å². The molecule has 3 aliphatic rings. The van der Waals surface area contributed by atoms with Crippen LogP contribution in [-0.4, -0.2) is 29.7 Å². The van der Waals surface area contributed by atoms with Gasteiger partial charge < -0.3 is 20.1 Å². The number of hydrogen-bond acceptors (Lipinski definition) is 4. The van der Waals surface area contributed by atoms with E-state index in [4.69, 9.17) is 15.2 Å². The van der Waals surface area contributed by atoms with Crippen molar-refractivity contribution < 1.29 is 14.3 Å². The second kappa shape index (κ2) is 7.24. The van der Waals surface area contributed by atoms with E-state index in [-0.39, 0.29) is 18.8 Å². The Balaban J connectivity index is 1.53. The fourth-order valence-corrected chi connectivity index (χ4v) is 4.49. The number of ether oxygens (including phenoxy) is 2. The zero-order valence-corrected chi connectivity index (χ0v) is 14.8. The summed E-state index contributed by atoms with van der Waals surface area (Å²) in [6, 6.07) is 6.58. The van der Waals surface area contributed by atoms with Gasteiger partial charge in [-0.25, -0.2) is 0 Å². The van der Waals surface area contributed by atoms with Gasteiger partial charge >= 0.3 is 0 Å². The lowest BCUT2D eigenvalue weighted by Gasteiger charge is -2.36. The average molecular weight is 344 g/mol. The molecule has 2 aliphatic carbocycles. The first-order valence-electron chi connectivity index (χ1n) is 9.65. The molecule has 0 spiro atoms. The van der Waals surface area contributed by atoms with E-state index in [9.17, 15) is 4.79 Å². The summed E-state index contributed by atoms with van der Waals surface area (Å²) in [6.07, 6.45) is 8.72. The van der Waals surface area contributed by atoms with Gasteiger partial charge in [0.2, 0.25) is 12.7 Å². The lowest BCUT2D eigenvalue weighted by atomic mass is 9.92. The second-order valence-electron chi connectivity index (χ2n) is 7.72. The van der Waals surface area contributed by atoms with Crippen LogP contribution < -0.4 is 15.2 Å². The Morgan fingerprint density at radius 3 is 2.64 bits per heavy atom. The molecule has 0 radical (unpaired) electrons. The van der Waals surface area contributed by atoms with Crippen molar-refractivity contribution >= 4 is 5.91 Å². The fraction of sp³-hybridized carbons (Fsp3) is 0.650. The van der Waals surface area contributed by atoms with Crippen molar-refractivity contribution in [3.63, 3.8) is 0 Å². The highest BCUT2D eigenvalue weighted by Crippen LogP contribution is 2.35. The minimum absolute atomic E-state index is 0.103. The average Bonchev–Trinajstić information content (AvgIpc) is 3.28. The van der Waals surface area contributed by atoms with E-state index in [1.54, 1.807) is 0 Å². The van der Waals surface area contributed by atoms with Gasteiger partial charge in [0.1, 0.15) is 0 Å². The first kappa shape index (κ1) is 16.7. The summed E-state index contributed by atoms with van der Waals surface area (Å²) in [5, 5.41) is 0. The molecule has 1 heterocycles. The number of nitrogens with two attached hydrogens (primary N) is 1. The molecule has 2 unspecified atom stereocenters. The van der Waals surface area contributed by atoms with Crippen molar-refractivity contribution in [2.75, 3.05) is 6.79 Å². The Morgan fingerprint density at radius 2 is 1.88 bits per heavy atom. The number of benzene rings is 1. The van der Waals surface area contributed by atoms with Gasteiger partial charge in [-0.3, -0.25) is 4.79 Å². The van der Waals surface area contributed by atoms with Crippen LogP contribution in [0.4, 0.5) is 0 Å². The SMILES string of the molecule is NC1CCC(C(=O)N(Cc2ccc3c(c2)OCO3)C2CCCCC2)C1. The quantitative estimate of drug-likeness (QED) is 0.911. The van der Waals surface area contributed by atoms with Crippen LogP contribution in [0.15, 0.2) is 18.2 Å². The molecule has 2 fully saturated rings. The lowest BCUT2D eigenvalue weighted by Crippen LogP contribution is -2.43. The summed E-state index contributed by atoms with van der Waals surface area (Å²) >= 11 is 0. The van der Waals surface area contributed by atoms with E-state index in [0.717, 1.165) is 49.2 Å². The van der Waals surface area contributed by atoms with Gasteiger partial charge in [0.05, 0.1) is 0 Å². The van der Waals surface area contributed by atoms with Gasteiger partial charge in [-0.15, -0.1) is 0 Å². The third kappa shape index (κ3) is 3.61. The molecule has 5 heteroatoms. The monoisotopic (exact) mass is 344 g/mol. The van der Waals surface area contributed by atoms with E-state index in [1.165, 1.54) is 19.3 Å². The number of rotatable bonds is 4. The van der Waals surface area contributed by atoms with Crippen LogP contribution >= 0.6 is 0 Å². The van der Waals surface area contributed by atoms with Crippen molar-refractivity contribution in [1.82, 2.24) is 4.90 Å². The molecular weight excluding hydrogens is 316 g/mol. The maximum Gasteiger partial charge on any atom is 0.231 e. The molecule has 1 aromatic carbocycles. The van der Waals surface area contributed by atoms with Gasteiger partial charge in [0, 0.05) is 24.5 Å². The van der Waals surface area contributed by atoms with E-state index in [2.05, 4.69) is 11.0 Å². The molecule has 5 nitrogen and oxygen atoms in total. The van der Waals surface area contributed by atoms with Crippen LogP contribution in [0.25, 0.3) is 0 Å². The van der Waals surface area contributed by atoms with E-state index < -0.39 is 0 Å². The molecule has 136 valence electrons. The van der Waals surface area contributed by atoms with Gasteiger partial charge in [0.15, 0.2) is 11.5 Å². The minimum atomic E-state index is 0.103. The standard InChI is InChI=1S/C20H28N2O3/c21-16-8-7-15(11-16)20(23)22(17-4-2-1-3-5-17)12-14-6-9-18-19(10-14)25-13-24-18/h6,9-10,15-17H,1-5,7-8,11-13,21H2. The number of carbonyl (C=O) groups is 1. The Morgan fingerprint density at radius 1 is 1.08 bits per heavy atom. The van der Waals surface area contributed by atoms with Gasteiger partial charge in [-0.05, 0) is 49.8 Å². The van der Waals surface area contributed by atoms with Crippen LogP contribution in [0.2, 0.25) is 0 Å². The number of fused-ring (bicyclic) bond motifs is 1. The number of hydrogen-bond donors (Lipinski definition) is 1. The highest BCUT2D eigenvalue weighted by molar-refractivity contribution is 5.79. The summed E-state index contributed by atoms with van der Waals surface area (Å²) in [5.74, 6) is 1.99. The Hall–Kier alpha value is -1.75. The number of carbonyl (C=O) groups excluding carboxylic acids is 1. The summed E-state index contributed by atoms with van der Waals surface area (Å²) in [4.78, 5) is 15.4. The predicted molar refractivity (Wildman–Crippen MR) is 95.3 cm³/mol. The van der Waals surface area contributed by atoms with Crippen LogP contribution in [-0.2, 0) is 11.3 Å². The molecule has 0 aromatic heterocycles. The molecule has 2 N–H and O–H groups in total. The third-order valence-electron chi connectivity index (χ3n) is 5.91. The van der Waals surface area contributed by atoms with Crippen LogP contribution in [0.5, 0.6) is 11.5 Å². The van der Waals surface area contributed by atoms with Gasteiger partial charge in [-0.2, -0.15) is 0 Å². The molecule has 1 aliphatic heterocycles. The largest absolute Gasteiger partial charge is 0.454 e. The Labute approximate surface area is 149 Å². The minimum Gasteiger partial charge on any atom is -0.454 e. The zero-order valence-electron chi connectivity index (χ0n) is 14.8. The van der Waals surface area contributed by atoms with Crippen molar-refractivity contribution in [1.29, 1.82) is 0 Å². The highest BCUT2D eigenvalue weighted by atomic mass is 16.7. The summed E-state index contributed by atoms with van der Waals surface area (Å²) in [7, 11) is 0. The molecule has 1 amide bonds. The first-order valence-corrected chi connectivity index (χ1v) is 9.65. The highest BCUT2D eigenvalue weighted by Gasteiger charge is 2.34. The molecule has 0 saturated heterocycles. The maximum absolute atomic E-state index is 13.2. The number of nitrogens with zero attached hydrogens (tertiary/aromatic N) is 1. The number of amides is 1. The topological polar surface area (TPSA) is 64.8 Å². The Kier molecular flexibility index (Phi) is 4.84. The zero-order chi connectivity index (χ0) is 17.2. The molecule has 4 rings (SSSR count). The van der Waals surface area contributed by atoms with E-state index in [1.807, 2.05) is 12.1 Å². The smallest absolute Gasteiger partial charge is 0.231 e. The van der Waals surface area contributed by atoms with Crippen LogP contribution in [0.3, 0.4) is 0 Å². The lowest BCUT2D eigenvalue weighted by molar-refractivity contribution is -0.139. The fourth-order valence-electron chi connectivity index (χ4n) is 4.49. The molecular formula is C20H28N2O3. The van der Waals surface area contributed by atoms with Crippen molar-refractivity contribution in [3.8, 4) is 11.5 Å². The summed E-state index contributed by atoms with van der Waals surface area (Å²) in [6.45, 7) is 0.940. The maximum atomic E-state index is 13.2. The molecule has 25 heavy (non-hydrogen) atoms. The second-order valence-corrected chi connectivity index (χ2v) is 7.72. The van der Waals surface area contributed by atoms with Crippen LogP contribution in [0.1, 0.15) is 56.9 Å². The summed E-state index contributed by atoms with van der Waals surface area (Å²) < 4.78 is 10.9. The molecule has 2 atom stereocenters.